The molecular weight excluding hydrogens is 337 g/mol. The second kappa shape index (κ2) is 6.64. The van der Waals surface area contributed by atoms with Gasteiger partial charge in [0.05, 0.1) is 5.56 Å². The third-order valence-electron chi connectivity index (χ3n) is 2.64. The quantitative estimate of drug-likeness (QED) is 0.803. The standard InChI is InChI=1S/C14H10Cl3NOS/c15-8-4-5-13(9(6-8)14(18)20)19-7-10-11(16)2-1-3-12(10)17/h1-6H,7H2,(H2,18,20). The molecule has 0 saturated heterocycles. The van der Waals surface area contributed by atoms with E-state index in [2.05, 4.69) is 0 Å². The molecule has 0 amide bonds. The molecule has 0 aromatic heterocycles. The zero-order valence-corrected chi connectivity index (χ0v) is 13.3. The van der Waals surface area contributed by atoms with Crippen molar-refractivity contribution in [2.75, 3.05) is 0 Å². The van der Waals surface area contributed by atoms with Crippen molar-refractivity contribution in [1.82, 2.24) is 0 Å². The molecule has 2 nitrogen and oxygen atoms in total. The molecule has 2 rings (SSSR count). The van der Waals surface area contributed by atoms with Crippen LogP contribution in [0.4, 0.5) is 0 Å². The van der Waals surface area contributed by atoms with E-state index in [4.69, 9.17) is 57.5 Å². The van der Waals surface area contributed by atoms with E-state index >= 15 is 0 Å². The van der Waals surface area contributed by atoms with Gasteiger partial charge in [0, 0.05) is 20.6 Å². The smallest absolute Gasteiger partial charge is 0.130 e. The minimum Gasteiger partial charge on any atom is -0.488 e. The summed E-state index contributed by atoms with van der Waals surface area (Å²) in [4.78, 5) is 0.216. The van der Waals surface area contributed by atoms with Crippen molar-refractivity contribution in [3.05, 3.63) is 62.6 Å². The number of benzene rings is 2. The summed E-state index contributed by atoms with van der Waals surface area (Å²) in [7, 11) is 0. The Morgan fingerprint density at radius 2 is 1.75 bits per heavy atom. The van der Waals surface area contributed by atoms with Gasteiger partial charge in [-0.2, -0.15) is 0 Å². The van der Waals surface area contributed by atoms with Crippen molar-refractivity contribution in [2.45, 2.75) is 6.61 Å². The van der Waals surface area contributed by atoms with E-state index in [0.29, 0.717) is 31.9 Å². The van der Waals surface area contributed by atoms with Gasteiger partial charge in [0.2, 0.25) is 0 Å². The van der Waals surface area contributed by atoms with Crippen LogP contribution in [0, 0.1) is 0 Å². The van der Waals surface area contributed by atoms with Crippen molar-refractivity contribution >= 4 is 52.0 Å². The second-order valence-corrected chi connectivity index (χ2v) is 5.68. The molecule has 0 aliphatic heterocycles. The van der Waals surface area contributed by atoms with Gasteiger partial charge < -0.3 is 10.5 Å². The molecular formula is C14H10Cl3NOS. The predicted octanol–water partition coefficient (Wildman–Crippen LogP) is 4.86. The van der Waals surface area contributed by atoms with Crippen LogP contribution in [0.5, 0.6) is 5.75 Å². The molecule has 0 unspecified atom stereocenters. The first-order valence-corrected chi connectivity index (χ1v) is 7.18. The molecule has 0 aliphatic rings. The van der Waals surface area contributed by atoms with Gasteiger partial charge in [-0.25, -0.2) is 0 Å². The molecule has 0 bridgehead atoms. The fourth-order valence-corrected chi connectivity index (χ4v) is 2.48. The maximum absolute atomic E-state index is 6.09. The topological polar surface area (TPSA) is 35.2 Å². The number of thiocarbonyl (C=S) groups is 1. The normalized spacial score (nSPS) is 10.3. The maximum Gasteiger partial charge on any atom is 0.130 e. The van der Waals surface area contributed by atoms with Crippen LogP contribution >= 0.6 is 47.0 Å². The average Bonchev–Trinajstić information content (AvgIpc) is 2.39. The van der Waals surface area contributed by atoms with Crippen molar-refractivity contribution in [3.8, 4) is 5.75 Å². The molecule has 0 spiro atoms. The highest BCUT2D eigenvalue weighted by molar-refractivity contribution is 7.80. The molecule has 0 fully saturated rings. The van der Waals surface area contributed by atoms with Crippen LogP contribution in [-0.4, -0.2) is 4.99 Å². The second-order valence-electron chi connectivity index (χ2n) is 3.99. The zero-order chi connectivity index (χ0) is 14.7. The molecule has 2 N–H and O–H groups in total. The van der Waals surface area contributed by atoms with Crippen LogP contribution in [0.15, 0.2) is 36.4 Å². The molecule has 20 heavy (non-hydrogen) atoms. The molecule has 2 aromatic carbocycles. The van der Waals surface area contributed by atoms with Gasteiger partial charge in [-0.1, -0.05) is 53.1 Å². The maximum atomic E-state index is 6.09. The number of rotatable bonds is 4. The van der Waals surface area contributed by atoms with Gasteiger partial charge >= 0.3 is 0 Å². The van der Waals surface area contributed by atoms with E-state index in [0.717, 1.165) is 0 Å². The van der Waals surface area contributed by atoms with Gasteiger partial charge in [-0.3, -0.25) is 0 Å². The van der Waals surface area contributed by atoms with Crippen molar-refractivity contribution in [1.29, 1.82) is 0 Å². The van der Waals surface area contributed by atoms with Crippen molar-refractivity contribution in [2.24, 2.45) is 5.73 Å². The minimum absolute atomic E-state index is 0.216. The van der Waals surface area contributed by atoms with Gasteiger partial charge in [0.15, 0.2) is 0 Å². The molecule has 0 atom stereocenters. The van der Waals surface area contributed by atoms with E-state index in [1.165, 1.54) is 0 Å². The lowest BCUT2D eigenvalue weighted by atomic mass is 10.2. The van der Waals surface area contributed by atoms with E-state index in [1.54, 1.807) is 36.4 Å². The molecule has 6 heteroatoms. The summed E-state index contributed by atoms with van der Waals surface area (Å²) in [5.74, 6) is 0.540. The van der Waals surface area contributed by atoms with Gasteiger partial charge in [-0.15, -0.1) is 0 Å². The highest BCUT2D eigenvalue weighted by atomic mass is 35.5. The van der Waals surface area contributed by atoms with E-state index in [-0.39, 0.29) is 11.6 Å². The SMILES string of the molecule is NC(=S)c1cc(Cl)ccc1OCc1c(Cl)cccc1Cl. The van der Waals surface area contributed by atoms with Crippen molar-refractivity contribution < 1.29 is 4.74 Å². The molecule has 0 aliphatic carbocycles. The number of nitrogens with two attached hydrogens (primary N) is 1. The number of hydrogen-bond acceptors (Lipinski definition) is 2. The van der Waals surface area contributed by atoms with Gasteiger partial charge in [-0.05, 0) is 30.3 Å². The first kappa shape index (κ1) is 15.4. The Labute approximate surface area is 137 Å². The van der Waals surface area contributed by atoms with Gasteiger partial charge in [0.1, 0.15) is 17.3 Å². The zero-order valence-electron chi connectivity index (χ0n) is 10.2. The molecule has 2 aromatic rings. The molecule has 104 valence electrons. The van der Waals surface area contributed by atoms with Crippen molar-refractivity contribution in [3.63, 3.8) is 0 Å². The third kappa shape index (κ3) is 3.55. The largest absolute Gasteiger partial charge is 0.488 e. The monoisotopic (exact) mass is 345 g/mol. The Kier molecular flexibility index (Phi) is 5.11. The van der Waals surface area contributed by atoms with Crippen LogP contribution in [0.2, 0.25) is 15.1 Å². The first-order chi connectivity index (χ1) is 9.49. The predicted molar refractivity (Wildman–Crippen MR) is 88.1 cm³/mol. The molecule has 0 saturated carbocycles. The fraction of sp³-hybridized carbons (Fsp3) is 0.0714. The Morgan fingerprint density at radius 1 is 1.10 bits per heavy atom. The Morgan fingerprint density at radius 3 is 2.35 bits per heavy atom. The Bertz CT molecular complexity index is 641. The lowest BCUT2D eigenvalue weighted by molar-refractivity contribution is 0.306. The van der Waals surface area contributed by atoms with Crippen LogP contribution in [0.3, 0.4) is 0 Å². The number of hydrogen-bond donors (Lipinski definition) is 1. The summed E-state index contributed by atoms with van der Waals surface area (Å²) < 4.78 is 5.71. The van der Waals surface area contributed by atoms with Crippen LogP contribution in [0.1, 0.15) is 11.1 Å². The fourth-order valence-electron chi connectivity index (χ4n) is 1.64. The van der Waals surface area contributed by atoms with E-state index in [9.17, 15) is 0 Å². The van der Waals surface area contributed by atoms with Crippen LogP contribution < -0.4 is 10.5 Å². The lowest BCUT2D eigenvalue weighted by Gasteiger charge is -2.12. The highest BCUT2D eigenvalue weighted by Crippen LogP contribution is 2.28. The number of ether oxygens (including phenoxy) is 1. The first-order valence-electron chi connectivity index (χ1n) is 5.64. The number of halogens is 3. The third-order valence-corrected chi connectivity index (χ3v) is 3.80. The molecule has 0 radical (unpaired) electrons. The van der Waals surface area contributed by atoms with Crippen LogP contribution in [0.25, 0.3) is 0 Å². The minimum atomic E-state index is 0.216. The summed E-state index contributed by atoms with van der Waals surface area (Å²) >= 11 is 23.1. The van der Waals surface area contributed by atoms with E-state index in [1.807, 2.05) is 0 Å². The highest BCUT2D eigenvalue weighted by Gasteiger charge is 2.10. The average molecular weight is 347 g/mol. The summed E-state index contributed by atoms with van der Waals surface area (Å²) in [6.45, 7) is 0.218. The molecule has 0 heterocycles. The summed E-state index contributed by atoms with van der Waals surface area (Å²) in [5.41, 5.74) is 6.94. The van der Waals surface area contributed by atoms with Gasteiger partial charge in [0.25, 0.3) is 0 Å². The summed E-state index contributed by atoms with van der Waals surface area (Å²) in [5, 5.41) is 1.63. The van der Waals surface area contributed by atoms with Crippen LogP contribution in [-0.2, 0) is 6.61 Å². The summed E-state index contributed by atoms with van der Waals surface area (Å²) in [6, 6.07) is 10.4. The summed E-state index contributed by atoms with van der Waals surface area (Å²) in [6.07, 6.45) is 0. The van der Waals surface area contributed by atoms with E-state index < -0.39 is 0 Å². The lowest BCUT2D eigenvalue weighted by Crippen LogP contribution is -2.12. The Hall–Kier alpha value is -1.00. The Balaban J connectivity index is 2.25.